The van der Waals surface area contributed by atoms with Crippen molar-refractivity contribution < 1.29 is 9.21 Å². The van der Waals surface area contributed by atoms with Gasteiger partial charge in [-0.2, -0.15) is 0 Å². The highest BCUT2D eigenvalue weighted by Crippen LogP contribution is 2.59. The molecule has 0 aromatic carbocycles. The first kappa shape index (κ1) is 17.4. The number of halogens is 2. The molecule has 0 spiro atoms. The Labute approximate surface area is 141 Å². The number of hydrogen-bond acceptors (Lipinski definition) is 3. The molecule has 122 valence electrons. The van der Waals surface area contributed by atoms with Gasteiger partial charge in [0.1, 0.15) is 10.3 Å². The zero-order valence-corrected chi connectivity index (χ0v) is 14.8. The van der Waals surface area contributed by atoms with Gasteiger partial charge >= 0.3 is 0 Å². The van der Waals surface area contributed by atoms with E-state index in [1.807, 2.05) is 45.0 Å². The second-order valence-corrected chi connectivity index (χ2v) is 7.53. The van der Waals surface area contributed by atoms with E-state index in [1.165, 1.54) is 0 Å². The molecule has 0 aliphatic heterocycles. The molecule has 1 aromatic rings. The molecule has 1 aliphatic rings. The highest BCUT2D eigenvalue weighted by molar-refractivity contribution is 6.55. The molecule has 2 rings (SSSR count). The van der Waals surface area contributed by atoms with Crippen LogP contribution in [0.5, 0.6) is 0 Å². The molecule has 1 aliphatic carbocycles. The van der Waals surface area contributed by atoms with Crippen LogP contribution in [0, 0.1) is 17.3 Å². The van der Waals surface area contributed by atoms with Gasteiger partial charge in [0.15, 0.2) is 0 Å². The van der Waals surface area contributed by atoms with Crippen molar-refractivity contribution in [3.8, 4) is 0 Å². The van der Waals surface area contributed by atoms with E-state index in [0.29, 0.717) is 6.54 Å². The largest absolute Gasteiger partial charge is 0.468 e. The van der Waals surface area contributed by atoms with Crippen molar-refractivity contribution in [1.29, 1.82) is 0 Å². The maximum absolute atomic E-state index is 12.4. The Morgan fingerprint density at radius 2 is 2.18 bits per heavy atom. The number of carbonyl (C=O) groups excluding carboxylic acids is 1. The van der Waals surface area contributed by atoms with Gasteiger partial charge in [0.05, 0.1) is 18.2 Å². The van der Waals surface area contributed by atoms with Crippen LogP contribution in [-0.4, -0.2) is 31.4 Å². The lowest BCUT2D eigenvalue weighted by Gasteiger charge is -2.22. The third-order valence-electron chi connectivity index (χ3n) is 4.46. The molecule has 22 heavy (non-hydrogen) atoms. The molecule has 3 atom stereocenters. The molecule has 1 fully saturated rings. The van der Waals surface area contributed by atoms with E-state index in [9.17, 15) is 4.79 Å². The van der Waals surface area contributed by atoms with E-state index in [-0.39, 0.29) is 33.7 Å². The lowest BCUT2D eigenvalue weighted by Crippen LogP contribution is -2.35. The minimum atomic E-state index is -0.114. The summed E-state index contributed by atoms with van der Waals surface area (Å²) in [6, 6.07) is 3.77. The SMILES string of the molecule is CN(C)C(CNC(=O)C1C(C=C(Cl)Cl)C1(C)C)c1ccco1. The molecule has 6 heteroatoms. The summed E-state index contributed by atoms with van der Waals surface area (Å²) in [6.45, 7) is 4.59. The van der Waals surface area contributed by atoms with Gasteiger partial charge in [-0.05, 0) is 43.6 Å². The van der Waals surface area contributed by atoms with Crippen molar-refractivity contribution in [2.45, 2.75) is 19.9 Å². The molecule has 3 unspecified atom stereocenters. The second kappa shape index (κ2) is 6.65. The fraction of sp³-hybridized carbons (Fsp3) is 0.562. The zero-order valence-electron chi connectivity index (χ0n) is 13.3. The number of amides is 1. The van der Waals surface area contributed by atoms with Crippen molar-refractivity contribution in [2.75, 3.05) is 20.6 Å². The summed E-state index contributed by atoms with van der Waals surface area (Å²) in [5, 5.41) is 3.02. The van der Waals surface area contributed by atoms with Crippen molar-refractivity contribution >= 4 is 29.1 Å². The smallest absolute Gasteiger partial charge is 0.224 e. The maximum Gasteiger partial charge on any atom is 0.224 e. The fourth-order valence-corrected chi connectivity index (χ4v) is 3.22. The normalized spacial score (nSPS) is 24.0. The Morgan fingerprint density at radius 1 is 1.50 bits per heavy atom. The highest BCUT2D eigenvalue weighted by atomic mass is 35.5. The van der Waals surface area contributed by atoms with Crippen LogP contribution < -0.4 is 5.32 Å². The lowest BCUT2D eigenvalue weighted by molar-refractivity contribution is -0.123. The lowest BCUT2D eigenvalue weighted by atomic mass is 10.1. The Balaban J connectivity index is 1.97. The van der Waals surface area contributed by atoms with Crippen LogP contribution in [-0.2, 0) is 4.79 Å². The van der Waals surface area contributed by atoms with Gasteiger partial charge in [-0.3, -0.25) is 9.69 Å². The van der Waals surface area contributed by atoms with E-state index < -0.39 is 0 Å². The number of hydrogen-bond donors (Lipinski definition) is 1. The monoisotopic (exact) mass is 344 g/mol. The predicted octanol–water partition coefficient (Wildman–Crippen LogP) is 3.59. The van der Waals surface area contributed by atoms with E-state index in [0.717, 1.165) is 5.76 Å². The van der Waals surface area contributed by atoms with Crippen LogP contribution in [0.1, 0.15) is 25.6 Å². The molecule has 1 aromatic heterocycles. The average Bonchev–Trinajstić information content (AvgIpc) is 2.81. The summed E-state index contributed by atoms with van der Waals surface area (Å²) in [4.78, 5) is 14.5. The minimum Gasteiger partial charge on any atom is -0.468 e. The highest BCUT2D eigenvalue weighted by Gasteiger charge is 2.60. The maximum atomic E-state index is 12.4. The van der Waals surface area contributed by atoms with Crippen molar-refractivity contribution in [3.05, 3.63) is 34.7 Å². The molecule has 0 saturated heterocycles. The average molecular weight is 345 g/mol. The fourth-order valence-electron chi connectivity index (χ4n) is 2.95. The molecule has 0 radical (unpaired) electrons. The topological polar surface area (TPSA) is 45.5 Å². The second-order valence-electron chi connectivity index (χ2n) is 6.52. The van der Waals surface area contributed by atoms with Gasteiger partial charge in [0.2, 0.25) is 5.91 Å². The summed E-state index contributed by atoms with van der Waals surface area (Å²) >= 11 is 11.4. The van der Waals surface area contributed by atoms with Crippen LogP contribution in [0.3, 0.4) is 0 Å². The molecule has 1 saturated carbocycles. The van der Waals surface area contributed by atoms with Gasteiger partial charge in [-0.1, -0.05) is 37.0 Å². The summed E-state index contributed by atoms with van der Waals surface area (Å²) in [5.74, 6) is 0.846. The number of nitrogens with zero attached hydrogens (tertiary/aromatic N) is 1. The summed E-state index contributed by atoms with van der Waals surface area (Å²) in [6.07, 6.45) is 3.39. The first-order chi connectivity index (χ1) is 10.2. The van der Waals surface area contributed by atoms with Gasteiger partial charge in [0, 0.05) is 6.54 Å². The van der Waals surface area contributed by atoms with Crippen molar-refractivity contribution in [1.82, 2.24) is 10.2 Å². The number of furan rings is 1. The van der Waals surface area contributed by atoms with Gasteiger partial charge < -0.3 is 9.73 Å². The number of carbonyl (C=O) groups is 1. The molecular formula is C16H22Cl2N2O2. The molecular weight excluding hydrogens is 323 g/mol. The Kier molecular flexibility index (Phi) is 5.25. The van der Waals surface area contributed by atoms with Crippen molar-refractivity contribution in [3.63, 3.8) is 0 Å². The van der Waals surface area contributed by atoms with Crippen LogP contribution >= 0.6 is 23.2 Å². The molecule has 1 amide bonds. The summed E-state index contributed by atoms with van der Waals surface area (Å²) in [5.41, 5.74) is -0.114. The Hall–Kier alpha value is -0.970. The number of nitrogens with one attached hydrogen (secondary N) is 1. The third kappa shape index (κ3) is 3.67. The van der Waals surface area contributed by atoms with Crippen LogP contribution in [0.4, 0.5) is 0 Å². The summed E-state index contributed by atoms with van der Waals surface area (Å²) in [7, 11) is 3.92. The van der Waals surface area contributed by atoms with Gasteiger partial charge in [-0.25, -0.2) is 0 Å². The predicted molar refractivity (Wildman–Crippen MR) is 88.7 cm³/mol. The summed E-state index contributed by atoms with van der Waals surface area (Å²) < 4.78 is 5.66. The number of allylic oxidation sites excluding steroid dienone is 1. The standard InChI is InChI=1S/C16H22Cl2N2O2/c1-16(2)10(8-13(17)18)14(16)15(21)19-9-11(20(3)4)12-6-5-7-22-12/h5-8,10-11,14H,9H2,1-4H3,(H,19,21). The minimum absolute atomic E-state index is 0.00594. The molecule has 1 heterocycles. The molecule has 0 bridgehead atoms. The first-order valence-corrected chi connectivity index (χ1v) is 8.01. The van der Waals surface area contributed by atoms with Crippen LogP contribution in [0.2, 0.25) is 0 Å². The van der Waals surface area contributed by atoms with Crippen LogP contribution in [0.15, 0.2) is 33.4 Å². The zero-order chi connectivity index (χ0) is 16.5. The Bertz CT molecular complexity index is 549. The van der Waals surface area contributed by atoms with E-state index in [2.05, 4.69) is 5.32 Å². The third-order valence-corrected chi connectivity index (χ3v) is 4.72. The molecule has 1 N–H and O–H groups in total. The van der Waals surface area contributed by atoms with Crippen LogP contribution in [0.25, 0.3) is 0 Å². The van der Waals surface area contributed by atoms with E-state index in [1.54, 1.807) is 12.3 Å². The molecule has 4 nitrogen and oxygen atoms in total. The van der Waals surface area contributed by atoms with Gasteiger partial charge in [0.25, 0.3) is 0 Å². The Morgan fingerprint density at radius 3 is 2.68 bits per heavy atom. The quantitative estimate of drug-likeness (QED) is 0.857. The number of rotatable bonds is 6. The van der Waals surface area contributed by atoms with E-state index in [4.69, 9.17) is 27.6 Å². The van der Waals surface area contributed by atoms with Crippen molar-refractivity contribution in [2.24, 2.45) is 17.3 Å². The first-order valence-electron chi connectivity index (χ1n) is 7.25. The van der Waals surface area contributed by atoms with Gasteiger partial charge in [-0.15, -0.1) is 0 Å². The van der Waals surface area contributed by atoms with E-state index >= 15 is 0 Å². The number of likely N-dealkylation sites (N-methyl/N-ethyl adjacent to an activating group) is 1.